The molecule has 0 saturated carbocycles. The summed E-state index contributed by atoms with van der Waals surface area (Å²) in [6, 6.07) is 0.347. The predicted octanol–water partition coefficient (Wildman–Crippen LogP) is 3.48. The van der Waals surface area contributed by atoms with Gasteiger partial charge in [0.2, 0.25) is 5.28 Å². The van der Waals surface area contributed by atoms with Gasteiger partial charge < -0.3 is 11.1 Å². The van der Waals surface area contributed by atoms with Crippen LogP contribution in [0.1, 0.15) is 46.0 Å². The average Bonchev–Trinajstić information content (AvgIpc) is 2.29. The van der Waals surface area contributed by atoms with E-state index in [1.54, 1.807) is 0 Å². The molecule has 1 rings (SSSR count). The zero-order valence-corrected chi connectivity index (χ0v) is 11.3. The van der Waals surface area contributed by atoms with Gasteiger partial charge in [0.05, 0.1) is 11.9 Å². The number of unbranched alkanes of at least 4 members (excludes halogenated alkanes) is 3. The second kappa shape index (κ2) is 7.33. The number of hydrogen-bond donors (Lipinski definition) is 2. The van der Waals surface area contributed by atoms with Gasteiger partial charge in [0.1, 0.15) is 0 Å². The Kier molecular flexibility index (Phi) is 6.05. The number of hydrogen-bond acceptors (Lipinski definition) is 4. The maximum absolute atomic E-state index is 5.77. The minimum atomic E-state index is 0.222. The highest BCUT2D eigenvalue weighted by Crippen LogP contribution is 2.18. The molecule has 1 aromatic heterocycles. The quantitative estimate of drug-likeness (QED) is 0.579. The van der Waals surface area contributed by atoms with Crippen LogP contribution in [0.15, 0.2) is 6.20 Å². The van der Waals surface area contributed by atoms with Crippen LogP contribution in [-0.2, 0) is 0 Å². The highest BCUT2D eigenvalue weighted by molar-refractivity contribution is 6.28. The van der Waals surface area contributed by atoms with E-state index in [2.05, 4.69) is 29.1 Å². The van der Waals surface area contributed by atoms with Crippen molar-refractivity contribution in [3.8, 4) is 0 Å². The Morgan fingerprint density at radius 2 is 2.18 bits per heavy atom. The van der Waals surface area contributed by atoms with Crippen molar-refractivity contribution in [1.29, 1.82) is 0 Å². The van der Waals surface area contributed by atoms with Crippen LogP contribution in [0.4, 0.5) is 11.5 Å². The monoisotopic (exact) mass is 256 g/mol. The molecule has 0 aromatic carbocycles. The van der Waals surface area contributed by atoms with E-state index in [0.717, 1.165) is 6.42 Å². The Morgan fingerprint density at radius 1 is 1.41 bits per heavy atom. The molecule has 1 aromatic rings. The van der Waals surface area contributed by atoms with Crippen LogP contribution in [0.5, 0.6) is 0 Å². The van der Waals surface area contributed by atoms with Gasteiger partial charge in [-0.2, -0.15) is 4.98 Å². The third-order valence-electron chi connectivity index (χ3n) is 2.66. The lowest BCUT2D eigenvalue weighted by Crippen LogP contribution is -2.17. The van der Waals surface area contributed by atoms with Gasteiger partial charge in [-0.25, -0.2) is 4.98 Å². The van der Waals surface area contributed by atoms with E-state index in [1.165, 1.54) is 31.9 Å². The summed E-state index contributed by atoms with van der Waals surface area (Å²) in [7, 11) is 0. The van der Waals surface area contributed by atoms with Crippen molar-refractivity contribution in [2.24, 2.45) is 0 Å². The summed E-state index contributed by atoms with van der Waals surface area (Å²) in [4.78, 5) is 7.90. The van der Waals surface area contributed by atoms with Gasteiger partial charge in [0.25, 0.3) is 0 Å². The molecule has 0 radical (unpaired) electrons. The number of halogens is 1. The lowest BCUT2D eigenvalue weighted by molar-refractivity contribution is 0.593. The first-order valence-corrected chi connectivity index (χ1v) is 6.55. The predicted molar refractivity (Wildman–Crippen MR) is 73.3 cm³/mol. The molecule has 1 heterocycles. The number of anilines is 2. The molecule has 96 valence electrons. The molecule has 17 heavy (non-hydrogen) atoms. The number of nitrogens with two attached hydrogens (primary N) is 1. The lowest BCUT2D eigenvalue weighted by Gasteiger charge is -2.15. The standard InChI is InChI=1S/C12H21ClN4/c1-3-4-5-6-7-9(2)16-11-10(14)8-15-12(13)17-11/h8-9H,3-7,14H2,1-2H3,(H,15,16,17). The molecule has 4 nitrogen and oxygen atoms in total. The molecule has 0 amide bonds. The van der Waals surface area contributed by atoms with E-state index in [0.29, 0.717) is 17.5 Å². The summed E-state index contributed by atoms with van der Waals surface area (Å²) in [5, 5.41) is 3.49. The fourth-order valence-electron chi connectivity index (χ4n) is 1.67. The van der Waals surface area contributed by atoms with E-state index >= 15 is 0 Å². The van der Waals surface area contributed by atoms with Gasteiger partial charge in [-0.1, -0.05) is 32.6 Å². The Bertz CT molecular complexity index is 343. The fraction of sp³-hybridized carbons (Fsp3) is 0.667. The first-order chi connectivity index (χ1) is 8.13. The van der Waals surface area contributed by atoms with E-state index in [1.807, 2.05) is 0 Å². The Labute approximate surface area is 108 Å². The minimum absolute atomic E-state index is 0.222. The van der Waals surface area contributed by atoms with Crippen LogP contribution >= 0.6 is 11.6 Å². The van der Waals surface area contributed by atoms with Crippen LogP contribution in [-0.4, -0.2) is 16.0 Å². The van der Waals surface area contributed by atoms with Crippen LogP contribution in [0.3, 0.4) is 0 Å². The summed E-state index contributed by atoms with van der Waals surface area (Å²) in [6.45, 7) is 4.34. The number of nitrogens with one attached hydrogen (secondary N) is 1. The third-order valence-corrected chi connectivity index (χ3v) is 2.84. The van der Waals surface area contributed by atoms with E-state index < -0.39 is 0 Å². The van der Waals surface area contributed by atoms with Crippen molar-refractivity contribution in [3.05, 3.63) is 11.5 Å². The Balaban J connectivity index is 2.39. The average molecular weight is 257 g/mol. The summed E-state index contributed by atoms with van der Waals surface area (Å²) >= 11 is 5.73. The second-order valence-corrected chi connectivity index (χ2v) is 4.68. The molecule has 1 atom stereocenters. The molecule has 0 fully saturated rings. The summed E-state index contributed by atoms with van der Waals surface area (Å²) in [5.74, 6) is 0.632. The van der Waals surface area contributed by atoms with Gasteiger partial charge in [0, 0.05) is 6.04 Å². The summed E-state index contributed by atoms with van der Waals surface area (Å²) in [6.07, 6.45) is 7.70. The van der Waals surface area contributed by atoms with Gasteiger partial charge in [-0.05, 0) is 24.9 Å². The summed E-state index contributed by atoms with van der Waals surface area (Å²) < 4.78 is 0. The molecule has 3 N–H and O–H groups in total. The first-order valence-electron chi connectivity index (χ1n) is 6.18. The molecule has 0 aliphatic carbocycles. The van der Waals surface area contributed by atoms with Crippen molar-refractivity contribution >= 4 is 23.1 Å². The maximum atomic E-state index is 5.77. The molecule has 0 spiro atoms. The molecule has 1 unspecified atom stereocenters. The van der Waals surface area contributed by atoms with Crippen molar-refractivity contribution in [3.63, 3.8) is 0 Å². The molecule has 0 aliphatic rings. The highest BCUT2D eigenvalue weighted by Gasteiger charge is 2.07. The zero-order valence-electron chi connectivity index (χ0n) is 10.5. The lowest BCUT2D eigenvalue weighted by atomic mass is 10.1. The van der Waals surface area contributed by atoms with Crippen molar-refractivity contribution in [1.82, 2.24) is 9.97 Å². The molecule has 0 aliphatic heterocycles. The topological polar surface area (TPSA) is 63.8 Å². The minimum Gasteiger partial charge on any atom is -0.394 e. The Hall–Kier alpha value is -1.03. The van der Waals surface area contributed by atoms with Crippen molar-refractivity contribution in [2.75, 3.05) is 11.1 Å². The number of aromatic nitrogens is 2. The van der Waals surface area contributed by atoms with E-state index in [9.17, 15) is 0 Å². The van der Waals surface area contributed by atoms with Gasteiger partial charge >= 0.3 is 0 Å². The number of nitrogens with zero attached hydrogens (tertiary/aromatic N) is 2. The fourth-order valence-corrected chi connectivity index (χ4v) is 1.80. The highest BCUT2D eigenvalue weighted by atomic mass is 35.5. The summed E-state index contributed by atoms with van der Waals surface area (Å²) in [5.41, 5.74) is 6.30. The largest absolute Gasteiger partial charge is 0.394 e. The maximum Gasteiger partial charge on any atom is 0.224 e. The normalized spacial score (nSPS) is 12.4. The second-order valence-electron chi connectivity index (χ2n) is 4.34. The van der Waals surface area contributed by atoms with Crippen LogP contribution < -0.4 is 11.1 Å². The smallest absolute Gasteiger partial charge is 0.224 e. The van der Waals surface area contributed by atoms with Crippen LogP contribution in [0.2, 0.25) is 5.28 Å². The molecule has 0 bridgehead atoms. The third kappa shape index (κ3) is 5.22. The molecule has 0 saturated heterocycles. The van der Waals surface area contributed by atoms with Crippen LogP contribution in [0.25, 0.3) is 0 Å². The zero-order chi connectivity index (χ0) is 12.7. The van der Waals surface area contributed by atoms with Gasteiger partial charge in [0.15, 0.2) is 5.82 Å². The van der Waals surface area contributed by atoms with Crippen LogP contribution in [0, 0.1) is 0 Å². The Morgan fingerprint density at radius 3 is 2.88 bits per heavy atom. The first kappa shape index (κ1) is 14.0. The number of nitrogen functional groups attached to an aromatic ring is 1. The van der Waals surface area contributed by atoms with Crippen molar-refractivity contribution < 1.29 is 0 Å². The van der Waals surface area contributed by atoms with E-state index in [-0.39, 0.29) is 5.28 Å². The van der Waals surface area contributed by atoms with Crippen molar-refractivity contribution in [2.45, 2.75) is 52.0 Å². The van der Waals surface area contributed by atoms with E-state index in [4.69, 9.17) is 17.3 Å². The van der Waals surface area contributed by atoms with Gasteiger partial charge in [-0.3, -0.25) is 0 Å². The van der Waals surface area contributed by atoms with Gasteiger partial charge in [-0.15, -0.1) is 0 Å². The molecule has 5 heteroatoms. The molecular formula is C12H21ClN4. The number of rotatable bonds is 7. The molecular weight excluding hydrogens is 236 g/mol. The SMILES string of the molecule is CCCCCCC(C)Nc1nc(Cl)ncc1N.